The number of rotatable bonds is 4. The minimum absolute atomic E-state index is 0.151. The van der Waals surface area contributed by atoms with Gasteiger partial charge in [-0.25, -0.2) is 4.79 Å². The van der Waals surface area contributed by atoms with Gasteiger partial charge in [0.25, 0.3) is 0 Å². The standard InChI is InChI=1S/C15H24BrN3O/c1-10-5-4-6-13(9-10)17-7-8-19-12(3)14(16)11(2)18-15(19)20/h10,13,17H,4-9H2,1-3H3. The molecule has 0 spiro atoms. The smallest absolute Gasteiger partial charge is 0.312 e. The Balaban J connectivity index is 1.94. The maximum atomic E-state index is 12.0. The lowest BCUT2D eigenvalue weighted by Gasteiger charge is -2.27. The Morgan fingerprint density at radius 3 is 2.85 bits per heavy atom. The van der Waals surface area contributed by atoms with Crippen LogP contribution in [0, 0.1) is 19.8 Å². The third-order valence-corrected chi connectivity index (χ3v) is 5.39. The van der Waals surface area contributed by atoms with Gasteiger partial charge in [-0.3, -0.25) is 4.57 Å². The molecule has 0 saturated heterocycles. The van der Waals surface area contributed by atoms with Gasteiger partial charge in [0.1, 0.15) is 0 Å². The van der Waals surface area contributed by atoms with Crippen molar-refractivity contribution in [2.45, 2.75) is 59.0 Å². The Morgan fingerprint density at radius 2 is 2.15 bits per heavy atom. The number of aromatic nitrogens is 2. The van der Waals surface area contributed by atoms with Crippen molar-refractivity contribution in [1.82, 2.24) is 14.9 Å². The molecular weight excluding hydrogens is 318 g/mol. The van der Waals surface area contributed by atoms with Gasteiger partial charge in [-0.2, -0.15) is 4.98 Å². The molecule has 5 heteroatoms. The van der Waals surface area contributed by atoms with E-state index >= 15 is 0 Å². The van der Waals surface area contributed by atoms with Crippen LogP contribution in [0.25, 0.3) is 0 Å². The minimum Gasteiger partial charge on any atom is -0.312 e. The summed E-state index contributed by atoms with van der Waals surface area (Å²) in [5, 5.41) is 3.59. The summed E-state index contributed by atoms with van der Waals surface area (Å²) in [5.41, 5.74) is 1.57. The van der Waals surface area contributed by atoms with Crippen LogP contribution in [0.2, 0.25) is 0 Å². The van der Waals surface area contributed by atoms with Crippen molar-refractivity contribution in [1.29, 1.82) is 0 Å². The zero-order valence-corrected chi connectivity index (χ0v) is 14.2. The Morgan fingerprint density at radius 1 is 1.40 bits per heavy atom. The topological polar surface area (TPSA) is 46.9 Å². The van der Waals surface area contributed by atoms with E-state index in [1.807, 2.05) is 13.8 Å². The van der Waals surface area contributed by atoms with Gasteiger partial charge in [-0.05, 0) is 48.5 Å². The molecule has 0 bridgehead atoms. The lowest BCUT2D eigenvalue weighted by Crippen LogP contribution is -2.37. The van der Waals surface area contributed by atoms with Crippen molar-refractivity contribution < 1.29 is 0 Å². The average Bonchev–Trinajstić information content (AvgIpc) is 2.40. The number of hydrogen-bond donors (Lipinski definition) is 1. The van der Waals surface area contributed by atoms with Crippen LogP contribution in [0.1, 0.15) is 44.0 Å². The van der Waals surface area contributed by atoms with Gasteiger partial charge in [0, 0.05) is 24.8 Å². The van der Waals surface area contributed by atoms with Gasteiger partial charge in [0.05, 0.1) is 10.2 Å². The van der Waals surface area contributed by atoms with Gasteiger partial charge in [0.2, 0.25) is 0 Å². The highest BCUT2D eigenvalue weighted by molar-refractivity contribution is 9.10. The molecule has 0 aromatic carbocycles. The first kappa shape index (κ1) is 15.7. The van der Waals surface area contributed by atoms with Crippen molar-refractivity contribution >= 4 is 15.9 Å². The lowest BCUT2D eigenvalue weighted by molar-refractivity contribution is 0.298. The van der Waals surface area contributed by atoms with Gasteiger partial charge in [0.15, 0.2) is 0 Å². The maximum Gasteiger partial charge on any atom is 0.348 e. The molecule has 112 valence electrons. The van der Waals surface area contributed by atoms with E-state index in [1.165, 1.54) is 25.7 Å². The second-order valence-corrected chi connectivity index (χ2v) is 6.75. The van der Waals surface area contributed by atoms with E-state index in [2.05, 4.69) is 33.2 Å². The third-order valence-electron chi connectivity index (χ3n) is 4.24. The molecule has 1 aliphatic rings. The molecule has 1 aromatic rings. The van der Waals surface area contributed by atoms with E-state index in [-0.39, 0.29) is 5.69 Å². The van der Waals surface area contributed by atoms with E-state index in [0.29, 0.717) is 12.6 Å². The largest absolute Gasteiger partial charge is 0.348 e. The van der Waals surface area contributed by atoms with Gasteiger partial charge < -0.3 is 5.32 Å². The van der Waals surface area contributed by atoms with E-state index in [0.717, 1.165) is 28.3 Å². The fourth-order valence-electron chi connectivity index (χ4n) is 3.04. The van der Waals surface area contributed by atoms with E-state index in [4.69, 9.17) is 0 Å². The monoisotopic (exact) mass is 341 g/mol. The minimum atomic E-state index is -0.151. The first-order valence-corrected chi connectivity index (χ1v) is 8.25. The predicted molar refractivity (Wildman–Crippen MR) is 85.1 cm³/mol. The zero-order chi connectivity index (χ0) is 14.7. The summed E-state index contributed by atoms with van der Waals surface area (Å²) in [6.07, 6.45) is 5.18. The molecule has 1 aliphatic carbocycles. The normalized spacial score (nSPS) is 23.0. The van der Waals surface area contributed by atoms with Crippen LogP contribution < -0.4 is 11.0 Å². The van der Waals surface area contributed by atoms with Crippen LogP contribution in [0.4, 0.5) is 0 Å². The molecule has 1 saturated carbocycles. The SMILES string of the molecule is Cc1nc(=O)n(CCNC2CCCC(C)C2)c(C)c1Br. The number of hydrogen-bond acceptors (Lipinski definition) is 3. The van der Waals surface area contributed by atoms with Crippen molar-refractivity contribution in [3.8, 4) is 0 Å². The summed E-state index contributed by atoms with van der Waals surface area (Å²) in [5.74, 6) is 0.820. The molecular formula is C15H24BrN3O. The molecule has 2 atom stereocenters. The Bertz CT molecular complexity index is 527. The first-order chi connectivity index (χ1) is 9.49. The van der Waals surface area contributed by atoms with Crippen LogP contribution in [-0.2, 0) is 6.54 Å². The molecule has 20 heavy (non-hydrogen) atoms. The van der Waals surface area contributed by atoms with Crippen molar-refractivity contribution in [2.24, 2.45) is 5.92 Å². The summed E-state index contributed by atoms with van der Waals surface area (Å²) in [7, 11) is 0. The summed E-state index contributed by atoms with van der Waals surface area (Å²) in [6, 6.07) is 0.608. The Labute approximate surface area is 129 Å². The number of aryl methyl sites for hydroxylation is 1. The quantitative estimate of drug-likeness (QED) is 0.915. The lowest BCUT2D eigenvalue weighted by atomic mass is 9.87. The molecule has 2 rings (SSSR count). The molecule has 1 N–H and O–H groups in total. The highest BCUT2D eigenvalue weighted by atomic mass is 79.9. The van der Waals surface area contributed by atoms with E-state index in [1.54, 1.807) is 4.57 Å². The molecule has 1 aromatic heterocycles. The Kier molecular flexibility index (Phi) is 5.38. The fourth-order valence-corrected chi connectivity index (χ4v) is 3.34. The number of nitrogens with zero attached hydrogens (tertiary/aromatic N) is 2. The third kappa shape index (κ3) is 3.70. The second-order valence-electron chi connectivity index (χ2n) is 5.95. The van der Waals surface area contributed by atoms with Crippen LogP contribution in [0.5, 0.6) is 0 Å². The summed E-state index contributed by atoms with van der Waals surface area (Å²) < 4.78 is 2.68. The highest BCUT2D eigenvalue weighted by Crippen LogP contribution is 2.23. The molecule has 0 aliphatic heterocycles. The number of nitrogens with one attached hydrogen (secondary N) is 1. The van der Waals surface area contributed by atoms with Crippen LogP contribution in [0.3, 0.4) is 0 Å². The maximum absolute atomic E-state index is 12.0. The van der Waals surface area contributed by atoms with Gasteiger partial charge in [-0.1, -0.05) is 19.8 Å². The second kappa shape index (κ2) is 6.85. The first-order valence-electron chi connectivity index (χ1n) is 7.46. The molecule has 0 amide bonds. The Hall–Kier alpha value is -0.680. The predicted octanol–water partition coefficient (Wildman–Crippen LogP) is 2.79. The number of halogens is 1. The van der Waals surface area contributed by atoms with E-state index in [9.17, 15) is 4.79 Å². The van der Waals surface area contributed by atoms with Crippen LogP contribution in [0.15, 0.2) is 9.27 Å². The molecule has 2 unspecified atom stereocenters. The molecule has 4 nitrogen and oxygen atoms in total. The molecule has 0 radical (unpaired) electrons. The van der Waals surface area contributed by atoms with E-state index < -0.39 is 0 Å². The highest BCUT2D eigenvalue weighted by Gasteiger charge is 2.18. The van der Waals surface area contributed by atoms with Crippen molar-refractivity contribution in [3.05, 3.63) is 26.3 Å². The summed E-state index contributed by atoms with van der Waals surface area (Å²) in [4.78, 5) is 16.0. The summed E-state index contributed by atoms with van der Waals surface area (Å²) in [6.45, 7) is 7.65. The van der Waals surface area contributed by atoms with Crippen LogP contribution in [-0.4, -0.2) is 22.1 Å². The molecule has 1 fully saturated rings. The summed E-state index contributed by atoms with van der Waals surface area (Å²) >= 11 is 3.50. The van der Waals surface area contributed by atoms with Crippen molar-refractivity contribution in [3.63, 3.8) is 0 Å². The molecule has 1 heterocycles. The zero-order valence-electron chi connectivity index (χ0n) is 12.6. The van der Waals surface area contributed by atoms with Gasteiger partial charge >= 0.3 is 5.69 Å². The van der Waals surface area contributed by atoms with Gasteiger partial charge in [-0.15, -0.1) is 0 Å². The van der Waals surface area contributed by atoms with Crippen molar-refractivity contribution in [2.75, 3.05) is 6.54 Å². The fraction of sp³-hybridized carbons (Fsp3) is 0.733. The van der Waals surface area contributed by atoms with Crippen LogP contribution >= 0.6 is 15.9 Å². The average molecular weight is 342 g/mol.